The molecule has 3 heteroatoms. The van der Waals surface area contributed by atoms with Gasteiger partial charge in [0.2, 0.25) is 5.91 Å². The van der Waals surface area contributed by atoms with Crippen molar-refractivity contribution in [3.8, 4) is 0 Å². The molecule has 0 unspecified atom stereocenters. The highest BCUT2D eigenvalue weighted by molar-refractivity contribution is 14.1. The molecule has 0 aromatic heterocycles. The molecular weight excluding hydrogens is 277 g/mol. The highest BCUT2D eigenvalue weighted by atomic mass is 127. The van der Waals surface area contributed by atoms with Crippen LogP contribution in [0.2, 0.25) is 0 Å². The molecule has 1 rings (SSSR count). The minimum atomic E-state index is -0.00812. The van der Waals surface area contributed by atoms with Gasteiger partial charge in [0.05, 0.1) is 0 Å². The molecule has 0 spiro atoms. The number of alkyl halides is 1. The minimum Gasteiger partial charge on any atom is -0.355 e. The SMILES string of the molecule is CCC1(C(=O)NCCI)CCCC1. The second kappa shape index (κ2) is 5.17. The average Bonchev–Trinajstić information content (AvgIpc) is 2.63. The van der Waals surface area contributed by atoms with Gasteiger partial charge in [-0.2, -0.15) is 0 Å². The molecule has 1 N–H and O–H groups in total. The lowest BCUT2D eigenvalue weighted by Gasteiger charge is -2.25. The lowest BCUT2D eigenvalue weighted by atomic mass is 9.82. The lowest BCUT2D eigenvalue weighted by Crippen LogP contribution is -2.39. The summed E-state index contributed by atoms with van der Waals surface area (Å²) in [5, 5.41) is 3.02. The first-order chi connectivity index (χ1) is 6.25. The van der Waals surface area contributed by atoms with Crippen LogP contribution >= 0.6 is 22.6 Å². The second-order valence-electron chi connectivity index (χ2n) is 3.79. The van der Waals surface area contributed by atoms with E-state index in [9.17, 15) is 4.79 Å². The molecule has 13 heavy (non-hydrogen) atoms. The van der Waals surface area contributed by atoms with Crippen LogP contribution in [0, 0.1) is 5.41 Å². The number of carbonyl (C=O) groups is 1. The zero-order valence-electron chi connectivity index (χ0n) is 8.24. The second-order valence-corrected chi connectivity index (χ2v) is 4.86. The smallest absolute Gasteiger partial charge is 0.226 e. The van der Waals surface area contributed by atoms with E-state index in [-0.39, 0.29) is 5.41 Å². The van der Waals surface area contributed by atoms with Crippen LogP contribution in [0.4, 0.5) is 0 Å². The fourth-order valence-corrected chi connectivity index (χ4v) is 2.41. The number of nitrogens with one attached hydrogen (secondary N) is 1. The Kier molecular flexibility index (Phi) is 4.49. The molecule has 0 radical (unpaired) electrons. The van der Waals surface area contributed by atoms with E-state index in [1.165, 1.54) is 12.8 Å². The summed E-state index contributed by atoms with van der Waals surface area (Å²) in [6.45, 7) is 2.95. The maximum Gasteiger partial charge on any atom is 0.226 e. The molecule has 76 valence electrons. The van der Waals surface area contributed by atoms with E-state index in [0.717, 1.165) is 30.2 Å². The highest BCUT2D eigenvalue weighted by Gasteiger charge is 2.38. The van der Waals surface area contributed by atoms with Crippen LogP contribution in [0.15, 0.2) is 0 Å². The van der Waals surface area contributed by atoms with Crippen molar-refractivity contribution < 1.29 is 4.79 Å². The summed E-state index contributed by atoms with van der Waals surface area (Å²) < 4.78 is 1.00. The van der Waals surface area contributed by atoms with Crippen LogP contribution in [-0.4, -0.2) is 16.9 Å². The van der Waals surface area contributed by atoms with Gasteiger partial charge in [0.1, 0.15) is 0 Å². The van der Waals surface area contributed by atoms with E-state index in [1.807, 2.05) is 0 Å². The molecule has 0 aliphatic heterocycles. The predicted octanol–water partition coefficient (Wildman–Crippen LogP) is 2.51. The predicted molar refractivity (Wildman–Crippen MR) is 63.1 cm³/mol. The zero-order valence-corrected chi connectivity index (χ0v) is 10.4. The van der Waals surface area contributed by atoms with Crippen molar-refractivity contribution >= 4 is 28.5 Å². The Morgan fingerprint density at radius 3 is 2.54 bits per heavy atom. The summed E-state index contributed by atoms with van der Waals surface area (Å²) in [6, 6.07) is 0. The molecule has 1 aliphatic rings. The van der Waals surface area contributed by atoms with Gasteiger partial charge in [0.25, 0.3) is 0 Å². The monoisotopic (exact) mass is 295 g/mol. The zero-order chi connectivity index (χ0) is 9.73. The molecule has 1 saturated carbocycles. The topological polar surface area (TPSA) is 29.1 Å². The van der Waals surface area contributed by atoms with Crippen molar-refractivity contribution in [2.24, 2.45) is 5.41 Å². The van der Waals surface area contributed by atoms with E-state index in [2.05, 4.69) is 34.8 Å². The van der Waals surface area contributed by atoms with Crippen LogP contribution in [-0.2, 0) is 4.79 Å². The van der Waals surface area contributed by atoms with Gasteiger partial charge in [-0.05, 0) is 19.3 Å². The lowest BCUT2D eigenvalue weighted by molar-refractivity contribution is -0.130. The summed E-state index contributed by atoms with van der Waals surface area (Å²) in [7, 11) is 0. The third-order valence-corrected chi connectivity index (χ3v) is 3.64. The maximum absolute atomic E-state index is 11.8. The molecule has 0 aromatic carbocycles. The van der Waals surface area contributed by atoms with Gasteiger partial charge < -0.3 is 5.32 Å². The Hall–Kier alpha value is 0.200. The third-order valence-electron chi connectivity index (χ3n) is 3.10. The molecule has 0 saturated heterocycles. The normalized spacial score (nSPS) is 20.2. The van der Waals surface area contributed by atoms with Gasteiger partial charge in [0, 0.05) is 16.4 Å². The Bertz CT molecular complexity index is 176. The van der Waals surface area contributed by atoms with E-state index in [1.54, 1.807) is 0 Å². The third kappa shape index (κ3) is 2.58. The van der Waals surface area contributed by atoms with Crippen LogP contribution in [0.25, 0.3) is 0 Å². The molecular formula is C10H18INO. The van der Waals surface area contributed by atoms with E-state index in [4.69, 9.17) is 0 Å². The van der Waals surface area contributed by atoms with Crippen LogP contribution in [0.1, 0.15) is 39.0 Å². The molecule has 0 atom stereocenters. The van der Waals surface area contributed by atoms with Crippen molar-refractivity contribution in [3.63, 3.8) is 0 Å². The van der Waals surface area contributed by atoms with Crippen molar-refractivity contribution in [1.29, 1.82) is 0 Å². The average molecular weight is 295 g/mol. The van der Waals surface area contributed by atoms with Crippen LogP contribution in [0.3, 0.4) is 0 Å². The quantitative estimate of drug-likeness (QED) is 0.626. The van der Waals surface area contributed by atoms with Crippen LogP contribution in [0.5, 0.6) is 0 Å². The van der Waals surface area contributed by atoms with Crippen molar-refractivity contribution in [3.05, 3.63) is 0 Å². The molecule has 0 heterocycles. The fraction of sp³-hybridized carbons (Fsp3) is 0.900. The molecule has 1 amide bonds. The summed E-state index contributed by atoms with van der Waals surface area (Å²) >= 11 is 2.29. The van der Waals surface area contributed by atoms with E-state index < -0.39 is 0 Å². The Morgan fingerprint density at radius 1 is 1.46 bits per heavy atom. The largest absolute Gasteiger partial charge is 0.355 e. The summed E-state index contributed by atoms with van der Waals surface area (Å²) in [5.74, 6) is 0.296. The van der Waals surface area contributed by atoms with Crippen molar-refractivity contribution in [2.75, 3.05) is 11.0 Å². The first-order valence-corrected chi connectivity index (χ1v) is 6.62. The van der Waals surface area contributed by atoms with Gasteiger partial charge in [0.15, 0.2) is 0 Å². The van der Waals surface area contributed by atoms with Gasteiger partial charge in [-0.25, -0.2) is 0 Å². The van der Waals surface area contributed by atoms with Crippen LogP contribution < -0.4 is 5.32 Å². The number of hydrogen-bond donors (Lipinski definition) is 1. The van der Waals surface area contributed by atoms with Crippen molar-refractivity contribution in [1.82, 2.24) is 5.32 Å². The standard InChI is InChI=1S/C10H18INO/c1-2-10(5-3-4-6-10)9(13)12-8-7-11/h2-8H2,1H3,(H,12,13). The number of rotatable bonds is 4. The summed E-state index contributed by atoms with van der Waals surface area (Å²) in [4.78, 5) is 11.8. The number of hydrogen-bond acceptors (Lipinski definition) is 1. The van der Waals surface area contributed by atoms with Crippen molar-refractivity contribution in [2.45, 2.75) is 39.0 Å². The Labute approximate surface area is 94.0 Å². The maximum atomic E-state index is 11.8. The molecule has 2 nitrogen and oxygen atoms in total. The summed E-state index contributed by atoms with van der Waals surface area (Å²) in [6.07, 6.45) is 5.64. The van der Waals surface area contributed by atoms with Gasteiger partial charge in [-0.1, -0.05) is 42.4 Å². The molecule has 1 aliphatic carbocycles. The minimum absolute atomic E-state index is 0.00812. The molecule has 0 bridgehead atoms. The fourth-order valence-electron chi connectivity index (χ4n) is 2.14. The first kappa shape index (κ1) is 11.3. The van der Waals surface area contributed by atoms with E-state index >= 15 is 0 Å². The van der Waals surface area contributed by atoms with E-state index in [0.29, 0.717) is 5.91 Å². The van der Waals surface area contributed by atoms with Gasteiger partial charge in [-0.3, -0.25) is 4.79 Å². The highest BCUT2D eigenvalue weighted by Crippen LogP contribution is 2.40. The molecule has 0 aromatic rings. The van der Waals surface area contributed by atoms with Gasteiger partial charge in [-0.15, -0.1) is 0 Å². The van der Waals surface area contributed by atoms with Gasteiger partial charge >= 0.3 is 0 Å². The first-order valence-electron chi connectivity index (χ1n) is 5.09. The summed E-state index contributed by atoms with van der Waals surface area (Å²) in [5.41, 5.74) is -0.00812. The Balaban J connectivity index is 2.49. The Morgan fingerprint density at radius 2 is 2.08 bits per heavy atom. The number of amides is 1. The number of carbonyl (C=O) groups excluding carboxylic acids is 1. The number of halogens is 1. The molecule has 1 fully saturated rings.